The van der Waals surface area contributed by atoms with Gasteiger partial charge in [-0.1, -0.05) is 61.9 Å². The fraction of sp³-hybridized carbons (Fsp3) is 0.333. The molecule has 106 valence electrons. The highest BCUT2D eigenvalue weighted by atomic mass is 16.5. The highest BCUT2D eigenvalue weighted by Gasteiger charge is 2.27. The van der Waals surface area contributed by atoms with Crippen LogP contribution in [0.4, 0.5) is 0 Å². The van der Waals surface area contributed by atoms with Crippen molar-refractivity contribution in [2.24, 2.45) is 5.73 Å². The van der Waals surface area contributed by atoms with Crippen LogP contribution in [0.2, 0.25) is 0 Å². The number of para-hydroxylation sites is 1. The van der Waals surface area contributed by atoms with Crippen LogP contribution in [0.15, 0.2) is 54.6 Å². The molecule has 0 aromatic heterocycles. The molecule has 0 saturated heterocycles. The van der Waals surface area contributed by atoms with Crippen LogP contribution in [0, 0.1) is 0 Å². The Bertz CT molecular complexity index is 538. The van der Waals surface area contributed by atoms with Crippen molar-refractivity contribution < 1.29 is 4.74 Å². The summed E-state index contributed by atoms with van der Waals surface area (Å²) in [4.78, 5) is 0. The van der Waals surface area contributed by atoms with E-state index in [9.17, 15) is 0 Å². The van der Waals surface area contributed by atoms with Crippen LogP contribution in [0.1, 0.15) is 30.9 Å². The van der Waals surface area contributed by atoms with Crippen molar-refractivity contribution in [3.63, 3.8) is 0 Å². The minimum Gasteiger partial charge on any atom is -0.496 e. The Hall–Kier alpha value is -1.80. The van der Waals surface area contributed by atoms with E-state index in [0.29, 0.717) is 0 Å². The van der Waals surface area contributed by atoms with Crippen LogP contribution in [-0.2, 0) is 12.0 Å². The first-order valence-corrected chi connectivity index (χ1v) is 7.16. The molecular formula is C18H23NO. The molecule has 0 bridgehead atoms. The highest BCUT2D eigenvalue weighted by molar-refractivity contribution is 5.37. The molecule has 0 aliphatic rings. The van der Waals surface area contributed by atoms with Gasteiger partial charge in [0, 0.05) is 5.54 Å². The Labute approximate surface area is 121 Å². The van der Waals surface area contributed by atoms with Crippen LogP contribution in [0.25, 0.3) is 0 Å². The molecule has 2 N–H and O–H groups in total. The molecule has 2 aromatic carbocycles. The lowest BCUT2D eigenvalue weighted by molar-refractivity contribution is 0.376. The molecule has 0 spiro atoms. The molecule has 2 heteroatoms. The summed E-state index contributed by atoms with van der Waals surface area (Å²) in [6.07, 6.45) is 2.80. The van der Waals surface area contributed by atoms with Gasteiger partial charge >= 0.3 is 0 Å². The molecule has 0 radical (unpaired) electrons. The number of ether oxygens (including phenoxy) is 1. The van der Waals surface area contributed by atoms with Gasteiger partial charge < -0.3 is 10.5 Å². The summed E-state index contributed by atoms with van der Waals surface area (Å²) < 4.78 is 5.45. The Morgan fingerprint density at radius 1 is 1.00 bits per heavy atom. The number of benzene rings is 2. The first-order chi connectivity index (χ1) is 9.69. The zero-order valence-electron chi connectivity index (χ0n) is 12.3. The molecule has 0 aliphatic carbocycles. The van der Waals surface area contributed by atoms with Gasteiger partial charge in [-0.05, 0) is 30.0 Å². The fourth-order valence-electron chi connectivity index (χ4n) is 2.74. The van der Waals surface area contributed by atoms with Crippen LogP contribution in [0.3, 0.4) is 0 Å². The van der Waals surface area contributed by atoms with Gasteiger partial charge in [-0.15, -0.1) is 0 Å². The van der Waals surface area contributed by atoms with Gasteiger partial charge in [0.15, 0.2) is 0 Å². The maximum absolute atomic E-state index is 6.73. The van der Waals surface area contributed by atoms with E-state index in [0.717, 1.165) is 30.6 Å². The first kappa shape index (κ1) is 14.6. The van der Waals surface area contributed by atoms with Gasteiger partial charge in [0.25, 0.3) is 0 Å². The SMILES string of the molecule is CCCC(N)(Cc1ccccc1OC)c1ccccc1. The number of nitrogens with two attached hydrogens (primary N) is 1. The Morgan fingerprint density at radius 2 is 1.65 bits per heavy atom. The van der Waals surface area contributed by atoms with E-state index < -0.39 is 0 Å². The van der Waals surface area contributed by atoms with E-state index in [1.165, 1.54) is 5.56 Å². The molecule has 0 aliphatic heterocycles. The van der Waals surface area contributed by atoms with Gasteiger partial charge in [-0.2, -0.15) is 0 Å². The molecular weight excluding hydrogens is 246 g/mol. The number of hydrogen-bond donors (Lipinski definition) is 1. The summed E-state index contributed by atoms with van der Waals surface area (Å²) >= 11 is 0. The molecule has 2 aromatic rings. The van der Waals surface area contributed by atoms with E-state index in [2.05, 4.69) is 37.3 Å². The van der Waals surface area contributed by atoms with Crippen molar-refractivity contribution in [1.29, 1.82) is 0 Å². The molecule has 1 unspecified atom stereocenters. The van der Waals surface area contributed by atoms with E-state index >= 15 is 0 Å². The quantitative estimate of drug-likeness (QED) is 0.863. The van der Waals surface area contributed by atoms with Crippen molar-refractivity contribution in [2.75, 3.05) is 7.11 Å². The van der Waals surface area contributed by atoms with Crippen molar-refractivity contribution in [3.05, 3.63) is 65.7 Å². The Morgan fingerprint density at radius 3 is 2.30 bits per heavy atom. The predicted octanol–water partition coefficient (Wildman–Crippen LogP) is 3.89. The first-order valence-electron chi connectivity index (χ1n) is 7.16. The van der Waals surface area contributed by atoms with Gasteiger partial charge in [0.2, 0.25) is 0 Å². The summed E-state index contributed by atoms with van der Waals surface area (Å²) in [6, 6.07) is 18.5. The molecule has 0 heterocycles. The maximum Gasteiger partial charge on any atom is 0.122 e. The molecule has 0 saturated carbocycles. The smallest absolute Gasteiger partial charge is 0.122 e. The topological polar surface area (TPSA) is 35.2 Å². The van der Waals surface area contributed by atoms with Gasteiger partial charge in [-0.3, -0.25) is 0 Å². The largest absolute Gasteiger partial charge is 0.496 e. The third-order valence-corrected chi connectivity index (χ3v) is 3.74. The predicted molar refractivity (Wildman–Crippen MR) is 83.9 cm³/mol. The second kappa shape index (κ2) is 6.58. The summed E-state index contributed by atoms with van der Waals surface area (Å²) in [7, 11) is 1.71. The van der Waals surface area contributed by atoms with Crippen LogP contribution in [0.5, 0.6) is 5.75 Å². The maximum atomic E-state index is 6.73. The second-order valence-electron chi connectivity index (χ2n) is 5.26. The van der Waals surface area contributed by atoms with Crippen molar-refractivity contribution in [3.8, 4) is 5.75 Å². The molecule has 0 amide bonds. The lowest BCUT2D eigenvalue weighted by atomic mass is 9.81. The minimum absolute atomic E-state index is 0.343. The molecule has 20 heavy (non-hydrogen) atoms. The third kappa shape index (κ3) is 3.20. The van der Waals surface area contributed by atoms with Crippen molar-refractivity contribution in [1.82, 2.24) is 0 Å². The number of hydrogen-bond acceptors (Lipinski definition) is 2. The van der Waals surface area contributed by atoms with Crippen LogP contribution in [-0.4, -0.2) is 7.11 Å². The average Bonchev–Trinajstić information content (AvgIpc) is 2.49. The summed E-state index contributed by atoms with van der Waals surface area (Å²) in [5.74, 6) is 0.911. The zero-order valence-corrected chi connectivity index (χ0v) is 12.3. The summed E-state index contributed by atoms with van der Waals surface area (Å²) in [5.41, 5.74) is 8.74. The Kier molecular flexibility index (Phi) is 4.80. The average molecular weight is 269 g/mol. The lowest BCUT2D eigenvalue weighted by Gasteiger charge is -2.30. The standard InChI is InChI=1S/C18H23NO/c1-3-13-18(19,16-10-5-4-6-11-16)14-15-9-7-8-12-17(15)20-2/h4-12H,3,13-14,19H2,1-2H3. The molecule has 2 rings (SSSR count). The molecule has 0 fully saturated rings. The van der Waals surface area contributed by atoms with Crippen molar-refractivity contribution >= 4 is 0 Å². The number of rotatable bonds is 6. The van der Waals surface area contributed by atoms with E-state index in [1.807, 2.05) is 24.3 Å². The van der Waals surface area contributed by atoms with E-state index in [-0.39, 0.29) is 5.54 Å². The van der Waals surface area contributed by atoms with E-state index in [4.69, 9.17) is 10.5 Å². The summed E-state index contributed by atoms with van der Waals surface area (Å²) in [5, 5.41) is 0. The Balaban J connectivity index is 2.34. The van der Waals surface area contributed by atoms with Gasteiger partial charge in [-0.25, -0.2) is 0 Å². The second-order valence-corrected chi connectivity index (χ2v) is 5.26. The molecule has 2 nitrogen and oxygen atoms in total. The third-order valence-electron chi connectivity index (χ3n) is 3.74. The minimum atomic E-state index is -0.343. The van der Waals surface area contributed by atoms with Crippen LogP contribution < -0.4 is 10.5 Å². The molecule has 1 atom stereocenters. The van der Waals surface area contributed by atoms with E-state index in [1.54, 1.807) is 7.11 Å². The van der Waals surface area contributed by atoms with Gasteiger partial charge in [0.1, 0.15) is 5.75 Å². The van der Waals surface area contributed by atoms with Gasteiger partial charge in [0.05, 0.1) is 7.11 Å². The number of methoxy groups -OCH3 is 1. The van der Waals surface area contributed by atoms with Crippen LogP contribution >= 0.6 is 0 Å². The normalized spacial score (nSPS) is 13.8. The monoisotopic (exact) mass is 269 g/mol. The zero-order chi connectivity index (χ0) is 14.4. The fourth-order valence-corrected chi connectivity index (χ4v) is 2.74. The lowest BCUT2D eigenvalue weighted by Crippen LogP contribution is -2.39. The summed E-state index contributed by atoms with van der Waals surface area (Å²) in [6.45, 7) is 2.17. The van der Waals surface area contributed by atoms with Crippen molar-refractivity contribution in [2.45, 2.75) is 31.7 Å². The highest BCUT2D eigenvalue weighted by Crippen LogP contribution is 2.31.